The van der Waals surface area contributed by atoms with Gasteiger partial charge in [-0.3, -0.25) is 9.59 Å². The number of piperidine rings is 1. The Morgan fingerprint density at radius 2 is 2.08 bits per heavy atom. The maximum atomic E-state index is 12.5. The van der Waals surface area contributed by atoms with Crippen LogP contribution < -0.4 is 5.32 Å². The van der Waals surface area contributed by atoms with Crippen LogP contribution in [0, 0.1) is 0 Å². The zero-order valence-electron chi connectivity index (χ0n) is 13.9. The van der Waals surface area contributed by atoms with Crippen LogP contribution in [0.1, 0.15) is 37.4 Å². The third-order valence-electron chi connectivity index (χ3n) is 4.92. The van der Waals surface area contributed by atoms with Crippen LogP contribution in [0.2, 0.25) is 0 Å². The highest BCUT2D eigenvalue weighted by Gasteiger charge is 2.30. The van der Waals surface area contributed by atoms with Gasteiger partial charge in [-0.05, 0) is 31.4 Å². The molecule has 2 fully saturated rings. The number of nitrogens with zero attached hydrogens (tertiary/aromatic N) is 3. The summed E-state index contributed by atoms with van der Waals surface area (Å²) in [4.78, 5) is 30.5. The van der Waals surface area contributed by atoms with Gasteiger partial charge in [-0.25, -0.2) is 4.98 Å². The summed E-state index contributed by atoms with van der Waals surface area (Å²) < 4.78 is 2.06. The third kappa shape index (κ3) is 2.88. The first kappa shape index (κ1) is 15.2. The second-order valence-corrected chi connectivity index (χ2v) is 6.90. The van der Waals surface area contributed by atoms with Crippen LogP contribution in [0.25, 0.3) is 11.0 Å². The van der Waals surface area contributed by atoms with Gasteiger partial charge in [0.25, 0.3) is 0 Å². The van der Waals surface area contributed by atoms with Gasteiger partial charge in [0.05, 0.1) is 11.0 Å². The molecule has 1 atom stereocenters. The average molecular weight is 326 g/mol. The van der Waals surface area contributed by atoms with E-state index in [0.29, 0.717) is 25.4 Å². The number of carbonyl (C=O) groups is 2. The minimum Gasteiger partial charge on any atom is -0.350 e. The monoisotopic (exact) mass is 326 g/mol. The molecular formula is C18H22N4O2. The Kier molecular flexibility index (Phi) is 3.75. The topological polar surface area (TPSA) is 67.2 Å². The van der Waals surface area contributed by atoms with Gasteiger partial charge in [-0.2, -0.15) is 0 Å². The SMILES string of the molecule is CN1CC(NC(=O)Cn2c(C3CC3)nc3ccccc32)CCC1=O. The van der Waals surface area contributed by atoms with Gasteiger partial charge < -0.3 is 14.8 Å². The summed E-state index contributed by atoms with van der Waals surface area (Å²) in [6.07, 6.45) is 3.53. The van der Waals surface area contributed by atoms with Gasteiger partial charge in [0, 0.05) is 32.0 Å². The Balaban J connectivity index is 1.50. The van der Waals surface area contributed by atoms with Gasteiger partial charge in [0.1, 0.15) is 12.4 Å². The number of aromatic nitrogens is 2. The van der Waals surface area contributed by atoms with E-state index in [1.807, 2.05) is 24.3 Å². The van der Waals surface area contributed by atoms with Crippen LogP contribution in [0.3, 0.4) is 0 Å². The molecule has 1 N–H and O–H groups in total. The van der Waals surface area contributed by atoms with Gasteiger partial charge in [-0.1, -0.05) is 12.1 Å². The van der Waals surface area contributed by atoms with Crippen molar-refractivity contribution in [3.63, 3.8) is 0 Å². The quantitative estimate of drug-likeness (QED) is 0.929. The zero-order chi connectivity index (χ0) is 16.7. The number of amides is 2. The van der Waals surface area contributed by atoms with Crippen molar-refractivity contribution >= 4 is 22.8 Å². The number of hydrogen-bond acceptors (Lipinski definition) is 3. The van der Waals surface area contributed by atoms with Crippen molar-refractivity contribution in [3.05, 3.63) is 30.1 Å². The molecule has 6 nitrogen and oxygen atoms in total. The Hall–Kier alpha value is -2.37. The molecule has 4 rings (SSSR count). The molecule has 2 aliphatic rings. The number of likely N-dealkylation sites (N-methyl/N-ethyl adjacent to an activating group) is 1. The third-order valence-corrected chi connectivity index (χ3v) is 4.92. The zero-order valence-corrected chi connectivity index (χ0v) is 13.9. The first-order valence-electron chi connectivity index (χ1n) is 8.60. The maximum absolute atomic E-state index is 12.5. The van der Waals surface area contributed by atoms with Gasteiger partial charge in [0.15, 0.2) is 0 Å². The molecule has 0 spiro atoms. The normalized spacial score (nSPS) is 21.3. The van der Waals surface area contributed by atoms with Crippen molar-refractivity contribution < 1.29 is 9.59 Å². The summed E-state index contributed by atoms with van der Waals surface area (Å²) in [5.41, 5.74) is 1.97. The molecule has 126 valence electrons. The Labute approximate surface area is 140 Å². The van der Waals surface area contributed by atoms with Gasteiger partial charge >= 0.3 is 0 Å². The molecule has 0 bridgehead atoms. The molecule has 1 saturated heterocycles. The van der Waals surface area contributed by atoms with Crippen molar-refractivity contribution in [2.45, 2.75) is 44.2 Å². The summed E-state index contributed by atoms with van der Waals surface area (Å²) in [7, 11) is 1.79. The predicted octanol–water partition coefficient (Wildman–Crippen LogP) is 1.65. The molecule has 1 aliphatic carbocycles. The largest absolute Gasteiger partial charge is 0.350 e. The van der Waals surface area contributed by atoms with E-state index < -0.39 is 0 Å². The molecular weight excluding hydrogens is 304 g/mol. The van der Waals surface area contributed by atoms with Crippen LogP contribution in [0.15, 0.2) is 24.3 Å². The van der Waals surface area contributed by atoms with E-state index >= 15 is 0 Å². The minimum absolute atomic E-state index is 0.00666. The van der Waals surface area contributed by atoms with Gasteiger partial charge in [-0.15, -0.1) is 0 Å². The summed E-state index contributed by atoms with van der Waals surface area (Å²) >= 11 is 0. The Morgan fingerprint density at radius 3 is 2.83 bits per heavy atom. The van der Waals surface area contributed by atoms with E-state index in [2.05, 4.69) is 9.88 Å². The lowest BCUT2D eigenvalue weighted by Gasteiger charge is -2.30. The number of para-hydroxylation sites is 2. The summed E-state index contributed by atoms with van der Waals surface area (Å²) in [6.45, 7) is 0.880. The highest BCUT2D eigenvalue weighted by Crippen LogP contribution is 2.40. The molecule has 2 aromatic rings. The molecule has 1 unspecified atom stereocenters. The fraction of sp³-hybridized carbons (Fsp3) is 0.500. The van der Waals surface area contributed by atoms with Crippen molar-refractivity contribution in [3.8, 4) is 0 Å². The van der Waals surface area contributed by atoms with Crippen LogP contribution >= 0.6 is 0 Å². The molecule has 1 saturated carbocycles. The summed E-state index contributed by atoms with van der Waals surface area (Å²) in [5.74, 6) is 1.66. The fourth-order valence-corrected chi connectivity index (χ4v) is 3.46. The number of imidazole rings is 1. The fourth-order valence-electron chi connectivity index (χ4n) is 3.46. The highest BCUT2D eigenvalue weighted by atomic mass is 16.2. The van der Waals surface area contributed by atoms with E-state index in [9.17, 15) is 9.59 Å². The number of benzene rings is 1. The van der Waals surface area contributed by atoms with E-state index in [1.165, 1.54) is 0 Å². The Bertz CT molecular complexity index is 793. The number of nitrogens with one attached hydrogen (secondary N) is 1. The lowest BCUT2D eigenvalue weighted by molar-refractivity contribution is -0.134. The second kappa shape index (κ2) is 5.92. The minimum atomic E-state index is -0.00666. The molecule has 1 aliphatic heterocycles. The van der Waals surface area contributed by atoms with Crippen molar-refractivity contribution in [1.29, 1.82) is 0 Å². The van der Waals surface area contributed by atoms with Crippen molar-refractivity contribution in [1.82, 2.24) is 19.8 Å². The molecule has 1 aromatic carbocycles. The lowest BCUT2D eigenvalue weighted by atomic mass is 10.1. The number of fused-ring (bicyclic) bond motifs is 1. The number of carbonyl (C=O) groups excluding carboxylic acids is 2. The number of hydrogen-bond donors (Lipinski definition) is 1. The number of likely N-dealkylation sites (tertiary alicyclic amines) is 1. The Morgan fingerprint density at radius 1 is 1.29 bits per heavy atom. The van der Waals surface area contributed by atoms with E-state index in [0.717, 1.165) is 36.1 Å². The van der Waals surface area contributed by atoms with Gasteiger partial charge in [0.2, 0.25) is 11.8 Å². The molecule has 24 heavy (non-hydrogen) atoms. The predicted molar refractivity (Wildman–Crippen MR) is 90.5 cm³/mol. The standard InChI is InChI=1S/C18H22N4O2/c1-21-10-13(8-9-17(21)24)19-16(23)11-22-15-5-3-2-4-14(15)20-18(22)12-6-7-12/h2-5,12-13H,6-11H2,1H3,(H,19,23). The van der Waals surface area contributed by atoms with Crippen molar-refractivity contribution in [2.24, 2.45) is 0 Å². The van der Waals surface area contributed by atoms with Crippen molar-refractivity contribution in [2.75, 3.05) is 13.6 Å². The molecule has 2 heterocycles. The lowest BCUT2D eigenvalue weighted by Crippen LogP contribution is -2.49. The second-order valence-electron chi connectivity index (χ2n) is 6.90. The maximum Gasteiger partial charge on any atom is 0.240 e. The molecule has 6 heteroatoms. The highest BCUT2D eigenvalue weighted by molar-refractivity contribution is 5.82. The summed E-state index contributed by atoms with van der Waals surface area (Å²) in [6, 6.07) is 8.02. The first-order valence-corrected chi connectivity index (χ1v) is 8.60. The first-order chi connectivity index (χ1) is 11.6. The van der Waals surface area contributed by atoms with E-state index in [1.54, 1.807) is 11.9 Å². The molecule has 0 radical (unpaired) electrons. The van der Waals surface area contributed by atoms with Crippen LogP contribution in [-0.2, 0) is 16.1 Å². The summed E-state index contributed by atoms with van der Waals surface area (Å²) in [5, 5.41) is 3.08. The van der Waals surface area contributed by atoms with E-state index in [4.69, 9.17) is 4.98 Å². The van der Waals surface area contributed by atoms with Crippen LogP contribution in [0.4, 0.5) is 0 Å². The van der Waals surface area contributed by atoms with E-state index in [-0.39, 0.29) is 17.9 Å². The molecule has 1 aromatic heterocycles. The average Bonchev–Trinajstić information content (AvgIpc) is 3.34. The smallest absolute Gasteiger partial charge is 0.240 e. The van der Waals surface area contributed by atoms with Crippen LogP contribution in [-0.4, -0.2) is 45.9 Å². The van der Waals surface area contributed by atoms with Crippen LogP contribution in [0.5, 0.6) is 0 Å². The number of rotatable bonds is 4. The molecule has 2 amide bonds.